The highest BCUT2D eigenvalue weighted by Crippen LogP contribution is 2.13. The van der Waals surface area contributed by atoms with Crippen LogP contribution >= 0.6 is 12.4 Å². The van der Waals surface area contributed by atoms with E-state index in [2.05, 4.69) is 10.2 Å². The quantitative estimate of drug-likeness (QED) is 0.756. The molecule has 2 aromatic rings. The van der Waals surface area contributed by atoms with Crippen molar-refractivity contribution in [1.29, 1.82) is 0 Å². The van der Waals surface area contributed by atoms with Crippen LogP contribution in [0.3, 0.4) is 0 Å². The molecule has 25 heavy (non-hydrogen) atoms. The molecule has 0 radical (unpaired) electrons. The number of nitrogens with one attached hydrogen (secondary N) is 1. The van der Waals surface area contributed by atoms with Crippen molar-refractivity contribution in [3.05, 3.63) is 65.2 Å². The first-order valence-electron chi connectivity index (χ1n) is 8.02. The van der Waals surface area contributed by atoms with Crippen molar-refractivity contribution >= 4 is 18.3 Å². The minimum atomic E-state index is -0.0995. The van der Waals surface area contributed by atoms with Gasteiger partial charge in [-0.2, -0.15) is 0 Å². The summed E-state index contributed by atoms with van der Waals surface area (Å²) >= 11 is 0. The van der Waals surface area contributed by atoms with Crippen molar-refractivity contribution in [2.75, 3.05) is 27.2 Å². The predicted octanol–water partition coefficient (Wildman–Crippen LogP) is 2.44. The van der Waals surface area contributed by atoms with E-state index in [0.29, 0.717) is 25.3 Å². The fourth-order valence-corrected chi connectivity index (χ4v) is 2.17. The van der Waals surface area contributed by atoms with Crippen LogP contribution in [0.4, 0.5) is 0 Å². The molecule has 6 heteroatoms. The Morgan fingerprint density at radius 3 is 2.48 bits per heavy atom. The molecule has 0 aliphatic heterocycles. The highest BCUT2D eigenvalue weighted by atomic mass is 35.5. The van der Waals surface area contributed by atoms with Crippen molar-refractivity contribution in [1.82, 2.24) is 10.2 Å². The van der Waals surface area contributed by atoms with Crippen molar-refractivity contribution in [2.45, 2.75) is 13.1 Å². The van der Waals surface area contributed by atoms with Crippen molar-refractivity contribution in [3.8, 4) is 5.75 Å². The molecule has 0 saturated carbocycles. The molecular formula is C19H26ClN3O2. The van der Waals surface area contributed by atoms with Crippen LogP contribution in [0.5, 0.6) is 5.75 Å². The lowest BCUT2D eigenvalue weighted by atomic mass is 10.1. The van der Waals surface area contributed by atoms with Gasteiger partial charge in [0.25, 0.3) is 5.91 Å². The van der Waals surface area contributed by atoms with E-state index in [1.165, 1.54) is 0 Å². The number of nitrogens with zero attached hydrogens (tertiary/aromatic N) is 1. The van der Waals surface area contributed by atoms with Gasteiger partial charge in [0.1, 0.15) is 12.4 Å². The summed E-state index contributed by atoms with van der Waals surface area (Å²) in [5.74, 6) is 0.716. The molecule has 0 atom stereocenters. The van der Waals surface area contributed by atoms with Crippen LogP contribution in [-0.2, 0) is 13.1 Å². The van der Waals surface area contributed by atoms with Gasteiger partial charge in [-0.3, -0.25) is 4.79 Å². The van der Waals surface area contributed by atoms with E-state index in [1.807, 2.05) is 50.5 Å². The first-order valence-corrected chi connectivity index (χ1v) is 8.02. The fourth-order valence-electron chi connectivity index (χ4n) is 2.17. The van der Waals surface area contributed by atoms with Gasteiger partial charge in [-0.25, -0.2) is 0 Å². The zero-order valence-corrected chi connectivity index (χ0v) is 15.5. The summed E-state index contributed by atoms with van der Waals surface area (Å²) in [5, 5.41) is 2.92. The Hall–Kier alpha value is -2.08. The second-order valence-electron chi connectivity index (χ2n) is 5.88. The summed E-state index contributed by atoms with van der Waals surface area (Å²) < 4.78 is 5.71. The zero-order chi connectivity index (χ0) is 17.4. The van der Waals surface area contributed by atoms with E-state index in [0.717, 1.165) is 23.4 Å². The topological polar surface area (TPSA) is 67.6 Å². The fraction of sp³-hybridized carbons (Fsp3) is 0.316. The average molecular weight is 364 g/mol. The number of nitrogens with two attached hydrogens (primary N) is 1. The molecule has 0 unspecified atom stereocenters. The number of amides is 1. The minimum absolute atomic E-state index is 0. The molecule has 5 nitrogen and oxygen atoms in total. The van der Waals surface area contributed by atoms with Gasteiger partial charge in [0.15, 0.2) is 0 Å². The first kappa shape index (κ1) is 21.0. The predicted molar refractivity (Wildman–Crippen MR) is 103 cm³/mol. The third-order valence-corrected chi connectivity index (χ3v) is 3.61. The number of likely N-dealkylation sites (N-methyl/N-ethyl adjacent to an activating group) is 1. The number of hydrogen-bond acceptors (Lipinski definition) is 4. The van der Waals surface area contributed by atoms with Gasteiger partial charge in [0, 0.05) is 25.2 Å². The molecular weight excluding hydrogens is 338 g/mol. The summed E-state index contributed by atoms with van der Waals surface area (Å²) in [6, 6.07) is 15.1. The Bertz CT molecular complexity index is 660. The molecule has 0 fully saturated rings. The zero-order valence-electron chi connectivity index (χ0n) is 14.7. The van der Waals surface area contributed by atoms with E-state index in [4.69, 9.17) is 10.5 Å². The molecule has 0 heterocycles. The van der Waals surface area contributed by atoms with Gasteiger partial charge in [0.05, 0.1) is 0 Å². The molecule has 2 rings (SSSR count). The Morgan fingerprint density at radius 2 is 1.84 bits per heavy atom. The van der Waals surface area contributed by atoms with E-state index >= 15 is 0 Å². The normalized spacial score (nSPS) is 10.2. The molecule has 3 N–H and O–H groups in total. The maximum absolute atomic E-state index is 12.2. The molecule has 0 aliphatic rings. The average Bonchev–Trinajstić information content (AvgIpc) is 2.60. The van der Waals surface area contributed by atoms with Crippen molar-refractivity contribution < 1.29 is 9.53 Å². The monoisotopic (exact) mass is 363 g/mol. The highest BCUT2D eigenvalue weighted by Gasteiger charge is 2.05. The number of halogens is 1. The van der Waals surface area contributed by atoms with E-state index in [-0.39, 0.29) is 18.3 Å². The third-order valence-electron chi connectivity index (χ3n) is 3.61. The number of hydrogen-bond donors (Lipinski definition) is 2. The van der Waals surface area contributed by atoms with Gasteiger partial charge < -0.3 is 20.7 Å². The van der Waals surface area contributed by atoms with Gasteiger partial charge >= 0.3 is 0 Å². The van der Waals surface area contributed by atoms with Gasteiger partial charge in [-0.15, -0.1) is 12.4 Å². The summed E-state index contributed by atoms with van der Waals surface area (Å²) in [6.07, 6.45) is 0. The van der Waals surface area contributed by atoms with Crippen LogP contribution in [0.1, 0.15) is 21.5 Å². The lowest BCUT2D eigenvalue weighted by Gasteiger charge is -2.12. The second-order valence-corrected chi connectivity index (χ2v) is 5.88. The number of ether oxygens (including phenoxy) is 1. The maximum Gasteiger partial charge on any atom is 0.251 e. The largest absolute Gasteiger partial charge is 0.492 e. The molecule has 0 aliphatic carbocycles. The van der Waals surface area contributed by atoms with Crippen LogP contribution in [0.2, 0.25) is 0 Å². The standard InChI is InChI=1S/C19H25N3O2.ClH/c1-22(2)10-11-24-18-5-3-4-16(12-18)14-21-19(23)17-8-6-15(13-20)7-9-17;/h3-9,12H,10-11,13-14,20H2,1-2H3,(H,21,23);1H. The highest BCUT2D eigenvalue weighted by molar-refractivity contribution is 5.94. The number of carbonyl (C=O) groups excluding carboxylic acids is 1. The van der Waals surface area contributed by atoms with Gasteiger partial charge in [0.2, 0.25) is 0 Å². The maximum atomic E-state index is 12.2. The van der Waals surface area contributed by atoms with Crippen LogP contribution in [0, 0.1) is 0 Å². The Morgan fingerprint density at radius 1 is 1.12 bits per heavy atom. The SMILES string of the molecule is CN(C)CCOc1cccc(CNC(=O)c2ccc(CN)cc2)c1.Cl. The summed E-state index contributed by atoms with van der Waals surface area (Å²) in [6.45, 7) is 2.43. The van der Waals surface area contributed by atoms with E-state index in [1.54, 1.807) is 12.1 Å². The Labute approximate surface area is 155 Å². The van der Waals surface area contributed by atoms with Gasteiger partial charge in [-0.1, -0.05) is 24.3 Å². The lowest BCUT2D eigenvalue weighted by Crippen LogP contribution is -2.23. The molecule has 2 aromatic carbocycles. The summed E-state index contributed by atoms with van der Waals surface area (Å²) in [5.41, 5.74) is 8.20. The molecule has 0 saturated heterocycles. The molecule has 0 aromatic heterocycles. The lowest BCUT2D eigenvalue weighted by molar-refractivity contribution is 0.0951. The van der Waals surface area contributed by atoms with Crippen molar-refractivity contribution in [2.24, 2.45) is 5.73 Å². The number of benzene rings is 2. The van der Waals surface area contributed by atoms with E-state index in [9.17, 15) is 4.79 Å². The van der Waals surface area contributed by atoms with Crippen LogP contribution < -0.4 is 15.8 Å². The molecule has 1 amide bonds. The number of rotatable bonds is 8. The van der Waals surface area contributed by atoms with E-state index < -0.39 is 0 Å². The van der Waals surface area contributed by atoms with Crippen LogP contribution in [0.25, 0.3) is 0 Å². The smallest absolute Gasteiger partial charge is 0.251 e. The van der Waals surface area contributed by atoms with Crippen molar-refractivity contribution in [3.63, 3.8) is 0 Å². The Balaban J connectivity index is 0.00000312. The summed E-state index contributed by atoms with van der Waals surface area (Å²) in [7, 11) is 4.02. The minimum Gasteiger partial charge on any atom is -0.492 e. The van der Waals surface area contributed by atoms with Crippen LogP contribution in [-0.4, -0.2) is 38.1 Å². The first-order chi connectivity index (χ1) is 11.6. The number of carbonyl (C=O) groups is 1. The second kappa shape index (κ2) is 10.7. The third kappa shape index (κ3) is 7.13. The van der Waals surface area contributed by atoms with Crippen LogP contribution in [0.15, 0.2) is 48.5 Å². The molecule has 136 valence electrons. The van der Waals surface area contributed by atoms with Gasteiger partial charge in [-0.05, 0) is 49.5 Å². The Kier molecular flexibility index (Phi) is 8.99. The molecule has 0 bridgehead atoms. The molecule has 0 spiro atoms. The summed E-state index contributed by atoms with van der Waals surface area (Å²) in [4.78, 5) is 14.2.